The summed E-state index contributed by atoms with van der Waals surface area (Å²) in [6.45, 7) is 4.05. The third-order valence-corrected chi connectivity index (χ3v) is 5.06. The van der Waals surface area contributed by atoms with E-state index in [0.29, 0.717) is 18.5 Å². The van der Waals surface area contributed by atoms with Gasteiger partial charge in [-0.05, 0) is 24.1 Å². The molecular formula is C14H20N2O3S. The van der Waals surface area contributed by atoms with E-state index in [-0.39, 0.29) is 17.9 Å². The van der Waals surface area contributed by atoms with Gasteiger partial charge in [-0.2, -0.15) is 9.57 Å². The zero-order valence-corrected chi connectivity index (χ0v) is 12.6. The Hall–Kier alpha value is -1.42. The van der Waals surface area contributed by atoms with Gasteiger partial charge < -0.3 is 5.11 Å². The molecule has 1 aromatic carbocycles. The van der Waals surface area contributed by atoms with Crippen molar-refractivity contribution >= 4 is 10.0 Å². The monoisotopic (exact) mass is 296 g/mol. The van der Waals surface area contributed by atoms with Crippen molar-refractivity contribution in [2.24, 2.45) is 0 Å². The molecule has 0 aliphatic rings. The lowest BCUT2D eigenvalue weighted by atomic mass is 10.1. The van der Waals surface area contributed by atoms with Crippen molar-refractivity contribution in [2.45, 2.75) is 37.7 Å². The first-order chi connectivity index (χ1) is 9.47. The van der Waals surface area contributed by atoms with Crippen molar-refractivity contribution in [2.75, 3.05) is 13.1 Å². The Bertz CT molecular complexity index is 578. The predicted octanol–water partition coefficient (Wildman–Crippen LogP) is 2.05. The van der Waals surface area contributed by atoms with Gasteiger partial charge in [-0.3, -0.25) is 0 Å². The Morgan fingerprint density at radius 1 is 1.40 bits per heavy atom. The average Bonchev–Trinajstić information content (AvgIpc) is 2.47. The van der Waals surface area contributed by atoms with Crippen LogP contribution in [-0.2, 0) is 10.0 Å². The minimum Gasteiger partial charge on any atom is -0.388 e. The van der Waals surface area contributed by atoms with Crippen LogP contribution in [0.2, 0.25) is 0 Å². The standard InChI is InChI=1S/C14H20N2O3S/c1-3-14(17)12-7-5-8-13(11-12)20(18,19)16(4-2)10-6-9-15/h5,7-8,11,14,17H,3-4,6,10H2,1-2H3. The number of aliphatic hydroxyl groups excluding tert-OH is 1. The van der Waals surface area contributed by atoms with E-state index in [9.17, 15) is 13.5 Å². The van der Waals surface area contributed by atoms with Gasteiger partial charge in [0.2, 0.25) is 10.0 Å². The minimum atomic E-state index is -3.62. The first-order valence-corrected chi connectivity index (χ1v) is 8.06. The fraction of sp³-hybridized carbons (Fsp3) is 0.500. The summed E-state index contributed by atoms with van der Waals surface area (Å²) < 4.78 is 26.2. The van der Waals surface area contributed by atoms with Crippen LogP contribution in [0.3, 0.4) is 0 Å². The van der Waals surface area contributed by atoms with Crippen LogP contribution in [-0.4, -0.2) is 30.9 Å². The lowest BCUT2D eigenvalue weighted by Crippen LogP contribution is -2.31. The highest BCUT2D eigenvalue weighted by Gasteiger charge is 2.23. The van der Waals surface area contributed by atoms with Crippen molar-refractivity contribution < 1.29 is 13.5 Å². The van der Waals surface area contributed by atoms with Gasteiger partial charge in [-0.1, -0.05) is 26.0 Å². The summed E-state index contributed by atoms with van der Waals surface area (Å²) in [6.07, 6.45) is 0.0130. The molecule has 0 aliphatic carbocycles. The number of sulfonamides is 1. The van der Waals surface area contributed by atoms with Crippen LogP contribution in [0.5, 0.6) is 0 Å². The predicted molar refractivity (Wildman–Crippen MR) is 76.4 cm³/mol. The number of nitrogens with zero attached hydrogens (tertiary/aromatic N) is 2. The zero-order chi connectivity index (χ0) is 15.2. The summed E-state index contributed by atoms with van der Waals surface area (Å²) in [6, 6.07) is 8.29. The summed E-state index contributed by atoms with van der Waals surface area (Å²) in [7, 11) is -3.62. The molecular weight excluding hydrogens is 276 g/mol. The van der Waals surface area contributed by atoms with E-state index in [1.807, 2.05) is 13.0 Å². The Morgan fingerprint density at radius 3 is 2.65 bits per heavy atom. The summed E-state index contributed by atoms with van der Waals surface area (Å²) in [5, 5.41) is 18.4. The van der Waals surface area contributed by atoms with Crippen molar-refractivity contribution in [1.82, 2.24) is 4.31 Å². The van der Waals surface area contributed by atoms with Crippen LogP contribution in [0.1, 0.15) is 38.4 Å². The third kappa shape index (κ3) is 3.79. The van der Waals surface area contributed by atoms with Gasteiger partial charge in [0, 0.05) is 19.5 Å². The normalized spacial score (nSPS) is 13.2. The Kier molecular flexibility index (Phi) is 6.14. The van der Waals surface area contributed by atoms with Crippen LogP contribution in [0.15, 0.2) is 29.2 Å². The third-order valence-electron chi connectivity index (χ3n) is 3.09. The highest BCUT2D eigenvalue weighted by atomic mass is 32.2. The summed E-state index contributed by atoms with van der Waals surface area (Å²) in [5.41, 5.74) is 0.588. The maximum absolute atomic E-state index is 12.5. The molecule has 0 aliphatic heterocycles. The fourth-order valence-corrected chi connectivity index (χ4v) is 3.40. The van der Waals surface area contributed by atoms with E-state index < -0.39 is 16.1 Å². The van der Waals surface area contributed by atoms with Crippen molar-refractivity contribution in [1.29, 1.82) is 5.26 Å². The van der Waals surface area contributed by atoms with Gasteiger partial charge in [0.25, 0.3) is 0 Å². The molecule has 0 saturated carbocycles. The molecule has 6 heteroatoms. The smallest absolute Gasteiger partial charge is 0.243 e. The highest BCUT2D eigenvalue weighted by molar-refractivity contribution is 7.89. The molecule has 1 N–H and O–H groups in total. The number of benzene rings is 1. The summed E-state index contributed by atoms with van der Waals surface area (Å²) >= 11 is 0. The van der Waals surface area contributed by atoms with Gasteiger partial charge in [0.05, 0.1) is 17.1 Å². The number of hydrogen-bond donors (Lipinski definition) is 1. The first-order valence-electron chi connectivity index (χ1n) is 6.62. The number of aliphatic hydroxyl groups is 1. The summed E-state index contributed by atoms with van der Waals surface area (Å²) in [5.74, 6) is 0. The molecule has 0 spiro atoms. The molecule has 1 unspecified atom stereocenters. The lowest BCUT2D eigenvalue weighted by Gasteiger charge is -2.20. The van der Waals surface area contributed by atoms with Gasteiger partial charge >= 0.3 is 0 Å². The molecule has 0 saturated heterocycles. The highest BCUT2D eigenvalue weighted by Crippen LogP contribution is 2.22. The van der Waals surface area contributed by atoms with Crippen LogP contribution < -0.4 is 0 Å². The van der Waals surface area contributed by atoms with Crippen LogP contribution >= 0.6 is 0 Å². The Labute approximate surface area is 120 Å². The Morgan fingerprint density at radius 2 is 2.10 bits per heavy atom. The van der Waals surface area contributed by atoms with Crippen molar-refractivity contribution in [3.63, 3.8) is 0 Å². The average molecular weight is 296 g/mol. The molecule has 1 rings (SSSR count). The van der Waals surface area contributed by atoms with Crippen LogP contribution in [0.25, 0.3) is 0 Å². The molecule has 0 fully saturated rings. The molecule has 110 valence electrons. The van der Waals surface area contributed by atoms with E-state index in [0.717, 1.165) is 0 Å². The second-order valence-electron chi connectivity index (χ2n) is 4.40. The Balaban J connectivity index is 3.11. The number of nitriles is 1. The minimum absolute atomic E-state index is 0.155. The maximum Gasteiger partial charge on any atom is 0.243 e. The second-order valence-corrected chi connectivity index (χ2v) is 6.34. The fourth-order valence-electron chi connectivity index (χ4n) is 1.89. The van der Waals surface area contributed by atoms with Crippen molar-refractivity contribution in [3.8, 4) is 6.07 Å². The van der Waals surface area contributed by atoms with Gasteiger partial charge in [-0.15, -0.1) is 0 Å². The largest absolute Gasteiger partial charge is 0.388 e. The van der Waals surface area contributed by atoms with Crippen LogP contribution in [0.4, 0.5) is 0 Å². The van der Waals surface area contributed by atoms with E-state index in [2.05, 4.69) is 0 Å². The van der Waals surface area contributed by atoms with Gasteiger partial charge in [0.15, 0.2) is 0 Å². The molecule has 0 bridgehead atoms. The SMILES string of the molecule is CCC(O)c1cccc(S(=O)(=O)N(CC)CCC#N)c1. The zero-order valence-electron chi connectivity index (χ0n) is 11.8. The number of rotatable bonds is 7. The molecule has 20 heavy (non-hydrogen) atoms. The second kappa shape index (κ2) is 7.39. The quantitative estimate of drug-likeness (QED) is 0.835. The molecule has 0 radical (unpaired) electrons. The topological polar surface area (TPSA) is 81.4 Å². The first kappa shape index (κ1) is 16.6. The molecule has 1 aromatic rings. The maximum atomic E-state index is 12.5. The summed E-state index contributed by atoms with van der Waals surface area (Å²) in [4.78, 5) is 0.155. The van der Waals surface area contributed by atoms with Gasteiger partial charge in [-0.25, -0.2) is 8.42 Å². The van der Waals surface area contributed by atoms with Crippen molar-refractivity contribution in [3.05, 3.63) is 29.8 Å². The van der Waals surface area contributed by atoms with E-state index >= 15 is 0 Å². The van der Waals surface area contributed by atoms with E-state index in [4.69, 9.17) is 5.26 Å². The molecule has 0 amide bonds. The number of hydrogen-bond acceptors (Lipinski definition) is 4. The van der Waals surface area contributed by atoms with E-state index in [1.165, 1.54) is 16.4 Å². The lowest BCUT2D eigenvalue weighted by molar-refractivity contribution is 0.173. The van der Waals surface area contributed by atoms with Crippen LogP contribution in [0, 0.1) is 11.3 Å². The molecule has 0 heterocycles. The van der Waals surface area contributed by atoms with Gasteiger partial charge in [0.1, 0.15) is 0 Å². The molecule has 1 atom stereocenters. The van der Waals surface area contributed by atoms with E-state index in [1.54, 1.807) is 19.1 Å². The molecule has 5 nitrogen and oxygen atoms in total. The molecule has 0 aromatic heterocycles.